The number of carbonyl (C=O) groups is 1. The normalized spacial score (nSPS) is 11.5. The van der Waals surface area contributed by atoms with Crippen molar-refractivity contribution in [3.05, 3.63) is 54.4 Å². The third kappa shape index (κ3) is 6.49. The molecule has 134 valence electrons. The number of thioether (sulfide) groups is 1. The second-order valence-corrected chi connectivity index (χ2v) is 8.36. The first-order valence-electron chi connectivity index (χ1n) is 7.77. The SMILES string of the molecule is CC(C)NS(=O)(=O)c1ccc(NC(=O)CSCc2ccccn2)cc1. The molecule has 0 saturated carbocycles. The van der Waals surface area contributed by atoms with Crippen LogP contribution in [0.2, 0.25) is 0 Å². The number of amides is 1. The summed E-state index contributed by atoms with van der Waals surface area (Å²) in [5, 5.41) is 2.75. The van der Waals surface area contributed by atoms with Crippen LogP contribution < -0.4 is 10.0 Å². The van der Waals surface area contributed by atoms with Crippen LogP contribution in [-0.2, 0) is 20.6 Å². The van der Waals surface area contributed by atoms with E-state index in [1.165, 1.54) is 23.9 Å². The number of nitrogens with zero attached hydrogens (tertiary/aromatic N) is 1. The summed E-state index contributed by atoms with van der Waals surface area (Å²) in [5.41, 5.74) is 1.49. The van der Waals surface area contributed by atoms with Gasteiger partial charge in [-0.05, 0) is 50.2 Å². The highest BCUT2D eigenvalue weighted by molar-refractivity contribution is 7.99. The number of carbonyl (C=O) groups excluding carboxylic acids is 1. The molecule has 0 aliphatic carbocycles. The van der Waals surface area contributed by atoms with E-state index in [1.807, 2.05) is 18.2 Å². The minimum Gasteiger partial charge on any atom is -0.325 e. The van der Waals surface area contributed by atoms with Crippen molar-refractivity contribution < 1.29 is 13.2 Å². The fourth-order valence-electron chi connectivity index (χ4n) is 2.02. The topological polar surface area (TPSA) is 88.2 Å². The minimum atomic E-state index is -3.52. The summed E-state index contributed by atoms with van der Waals surface area (Å²) in [7, 11) is -3.52. The highest BCUT2D eigenvalue weighted by Gasteiger charge is 2.15. The Balaban J connectivity index is 1.85. The zero-order valence-electron chi connectivity index (χ0n) is 14.1. The van der Waals surface area contributed by atoms with Crippen LogP contribution in [0.3, 0.4) is 0 Å². The van der Waals surface area contributed by atoms with Crippen LogP contribution in [0.5, 0.6) is 0 Å². The largest absolute Gasteiger partial charge is 0.325 e. The number of hydrogen-bond donors (Lipinski definition) is 2. The van der Waals surface area contributed by atoms with E-state index < -0.39 is 10.0 Å². The van der Waals surface area contributed by atoms with Crippen LogP contribution in [-0.4, -0.2) is 31.1 Å². The zero-order valence-corrected chi connectivity index (χ0v) is 15.7. The Hall–Kier alpha value is -1.90. The molecule has 1 aromatic carbocycles. The van der Waals surface area contributed by atoms with Gasteiger partial charge in [0.25, 0.3) is 0 Å². The minimum absolute atomic E-state index is 0.142. The Labute approximate surface area is 152 Å². The lowest BCUT2D eigenvalue weighted by Gasteiger charge is -2.10. The van der Waals surface area contributed by atoms with E-state index in [0.717, 1.165) is 5.69 Å². The third-order valence-electron chi connectivity index (χ3n) is 3.05. The van der Waals surface area contributed by atoms with E-state index in [4.69, 9.17) is 0 Å². The van der Waals surface area contributed by atoms with Gasteiger partial charge in [0.1, 0.15) is 0 Å². The first-order chi connectivity index (χ1) is 11.9. The number of sulfonamides is 1. The lowest BCUT2D eigenvalue weighted by molar-refractivity contribution is -0.113. The summed E-state index contributed by atoms with van der Waals surface area (Å²) >= 11 is 1.47. The lowest BCUT2D eigenvalue weighted by atomic mass is 10.3. The maximum absolute atomic E-state index is 12.0. The lowest BCUT2D eigenvalue weighted by Crippen LogP contribution is -2.30. The van der Waals surface area contributed by atoms with Crippen molar-refractivity contribution in [2.24, 2.45) is 0 Å². The van der Waals surface area contributed by atoms with Crippen molar-refractivity contribution in [3.63, 3.8) is 0 Å². The van der Waals surface area contributed by atoms with Crippen LogP contribution in [0.15, 0.2) is 53.6 Å². The molecule has 0 aliphatic heterocycles. The summed E-state index contributed by atoms with van der Waals surface area (Å²) in [5.74, 6) is 0.814. The molecule has 8 heteroatoms. The standard InChI is InChI=1S/C17H21N3O3S2/c1-13(2)20-25(22,23)16-8-6-14(7-9-16)19-17(21)12-24-11-15-5-3-4-10-18-15/h3-10,13,20H,11-12H2,1-2H3,(H,19,21). The van der Waals surface area contributed by atoms with Crippen molar-refractivity contribution >= 4 is 33.4 Å². The number of aromatic nitrogens is 1. The van der Waals surface area contributed by atoms with Crippen LogP contribution in [0.4, 0.5) is 5.69 Å². The van der Waals surface area contributed by atoms with E-state index in [-0.39, 0.29) is 16.8 Å². The fraction of sp³-hybridized carbons (Fsp3) is 0.294. The van der Waals surface area contributed by atoms with Gasteiger partial charge in [0.2, 0.25) is 15.9 Å². The average molecular weight is 380 g/mol. The molecule has 2 rings (SSSR count). The monoisotopic (exact) mass is 379 g/mol. The summed E-state index contributed by atoms with van der Waals surface area (Å²) in [4.78, 5) is 16.3. The molecule has 0 aliphatic rings. The van der Waals surface area contributed by atoms with E-state index in [9.17, 15) is 13.2 Å². The Bertz CT molecular complexity index is 792. The van der Waals surface area contributed by atoms with Gasteiger partial charge in [0, 0.05) is 23.7 Å². The summed E-state index contributed by atoms with van der Waals surface area (Å²) in [6, 6.07) is 11.6. The van der Waals surface area contributed by atoms with E-state index in [2.05, 4.69) is 15.0 Å². The first-order valence-corrected chi connectivity index (χ1v) is 10.4. The molecule has 1 aromatic heterocycles. The van der Waals surface area contributed by atoms with Gasteiger partial charge >= 0.3 is 0 Å². The van der Waals surface area contributed by atoms with E-state index in [0.29, 0.717) is 17.2 Å². The number of benzene rings is 1. The second-order valence-electron chi connectivity index (χ2n) is 5.66. The third-order valence-corrected chi connectivity index (χ3v) is 5.69. The number of anilines is 1. The van der Waals surface area contributed by atoms with Crippen LogP contribution in [0.25, 0.3) is 0 Å². The summed E-state index contributed by atoms with van der Waals surface area (Å²) < 4.78 is 26.6. The molecule has 0 saturated heterocycles. The van der Waals surface area contributed by atoms with Gasteiger partial charge in [0.05, 0.1) is 16.3 Å². The highest BCUT2D eigenvalue weighted by atomic mass is 32.2. The molecule has 0 spiro atoms. The molecular formula is C17H21N3O3S2. The molecule has 1 heterocycles. The van der Waals surface area contributed by atoms with Crippen molar-refractivity contribution in [1.29, 1.82) is 0 Å². The van der Waals surface area contributed by atoms with Crippen molar-refractivity contribution in [2.45, 2.75) is 30.5 Å². The molecule has 2 N–H and O–H groups in total. The maximum Gasteiger partial charge on any atom is 0.240 e. The highest BCUT2D eigenvalue weighted by Crippen LogP contribution is 2.15. The molecule has 0 radical (unpaired) electrons. The molecule has 2 aromatic rings. The van der Waals surface area contributed by atoms with E-state index >= 15 is 0 Å². The number of pyridine rings is 1. The fourth-order valence-corrected chi connectivity index (χ4v) is 4.02. The smallest absolute Gasteiger partial charge is 0.240 e. The van der Waals surface area contributed by atoms with Crippen LogP contribution >= 0.6 is 11.8 Å². The maximum atomic E-state index is 12.0. The van der Waals surface area contributed by atoms with Crippen molar-refractivity contribution in [2.75, 3.05) is 11.1 Å². The first kappa shape index (κ1) is 19.4. The van der Waals surface area contributed by atoms with Gasteiger partial charge in [-0.1, -0.05) is 6.07 Å². The van der Waals surface area contributed by atoms with Gasteiger partial charge in [-0.2, -0.15) is 0 Å². The number of nitrogens with one attached hydrogen (secondary N) is 2. The van der Waals surface area contributed by atoms with Crippen molar-refractivity contribution in [1.82, 2.24) is 9.71 Å². The predicted octanol–water partition coefficient (Wildman–Crippen LogP) is 2.64. The van der Waals surface area contributed by atoms with Gasteiger partial charge in [0.15, 0.2) is 0 Å². The Kier molecular flexibility index (Phi) is 6.98. The van der Waals surface area contributed by atoms with Crippen LogP contribution in [0, 0.1) is 0 Å². The van der Waals surface area contributed by atoms with E-state index in [1.54, 1.807) is 32.2 Å². The average Bonchev–Trinajstić information content (AvgIpc) is 2.55. The van der Waals surface area contributed by atoms with Gasteiger partial charge in [-0.15, -0.1) is 11.8 Å². The van der Waals surface area contributed by atoms with Gasteiger partial charge in [-0.25, -0.2) is 13.1 Å². The number of hydrogen-bond acceptors (Lipinski definition) is 5. The summed E-state index contributed by atoms with van der Waals surface area (Å²) in [6.07, 6.45) is 1.72. The second kappa shape index (κ2) is 8.98. The Morgan fingerprint density at radius 3 is 2.48 bits per heavy atom. The molecular weight excluding hydrogens is 358 g/mol. The molecule has 0 atom stereocenters. The molecule has 25 heavy (non-hydrogen) atoms. The zero-order chi connectivity index (χ0) is 18.3. The van der Waals surface area contributed by atoms with Crippen LogP contribution in [0.1, 0.15) is 19.5 Å². The molecule has 0 unspecified atom stereocenters. The molecule has 0 bridgehead atoms. The quantitative estimate of drug-likeness (QED) is 0.736. The summed E-state index contributed by atoms with van der Waals surface area (Å²) in [6.45, 7) is 3.52. The van der Waals surface area contributed by atoms with Gasteiger partial charge in [-0.3, -0.25) is 9.78 Å². The van der Waals surface area contributed by atoms with Crippen molar-refractivity contribution in [3.8, 4) is 0 Å². The molecule has 1 amide bonds. The molecule has 0 fully saturated rings. The Morgan fingerprint density at radius 1 is 1.16 bits per heavy atom. The van der Waals surface area contributed by atoms with Gasteiger partial charge < -0.3 is 5.32 Å². The molecule has 6 nitrogen and oxygen atoms in total. The predicted molar refractivity (Wildman–Crippen MR) is 101 cm³/mol. The Morgan fingerprint density at radius 2 is 1.88 bits per heavy atom. The number of rotatable bonds is 8.